The van der Waals surface area contributed by atoms with Crippen LogP contribution in [0, 0.1) is 0 Å². The number of hydrogen-bond acceptors (Lipinski definition) is 7. The quantitative estimate of drug-likeness (QED) is 0.782. The van der Waals surface area contributed by atoms with Gasteiger partial charge in [0.05, 0.1) is 33.1 Å². The second-order valence-electron chi connectivity index (χ2n) is 6.59. The van der Waals surface area contributed by atoms with Gasteiger partial charge in [-0.05, 0) is 18.2 Å². The van der Waals surface area contributed by atoms with E-state index in [2.05, 4.69) is 16.8 Å². The molecule has 0 radical (unpaired) electrons. The lowest BCUT2D eigenvalue weighted by Crippen LogP contribution is -2.29. The molecule has 0 unspecified atom stereocenters. The third-order valence-electron chi connectivity index (χ3n) is 4.94. The number of nitrogens with zero attached hydrogens (tertiary/aromatic N) is 3. The fraction of sp³-hybridized carbons (Fsp3) is 0.400. The van der Waals surface area contributed by atoms with E-state index in [1.165, 1.54) is 0 Å². The van der Waals surface area contributed by atoms with Gasteiger partial charge in [-0.25, -0.2) is 0 Å². The normalized spacial score (nSPS) is 23.8. The molecule has 0 bridgehead atoms. The standard InChI is InChI=1S/C20H23N3O3S/c1-12-11-23-19(13-9-16(25-3)17(26-4)10-15(13)24-2)18(22-20(23)27-12)14-7-5-6-8-21-14/h5-10,12,18-19H,11H2,1-4H3/t12-,18+,19+/m0/s1. The van der Waals surface area contributed by atoms with Crippen molar-refractivity contribution in [2.45, 2.75) is 24.3 Å². The van der Waals surface area contributed by atoms with Crippen LogP contribution >= 0.6 is 11.8 Å². The van der Waals surface area contributed by atoms with Crippen molar-refractivity contribution < 1.29 is 14.2 Å². The largest absolute Gasteiger partial charge is 0.496 e. The molecule has 0 N–H and O–H groups in total. The predicted octanol–water partition coefficient (Wildman–Crippen LogP) is 3.70. The van der Waals surface area contributed by atoms with Crippen LogP contribution in [0.1, 0.15) is 30.3 Å². The van der Waals surface area contributed by atoms with Crippen LogP contribution in [0.5, 0.6) is 17.2 Å². The van der Waals surface area contributed by atoms with E-state index in [0.717, 1.165) is 28.7 Å². The van der Waals surface area contributed by atoms with E-state index in [4.69, 9.17) is 19.2 Å². The van der Waals surface area contributed by atoms with Gasteiger partial charge in [-0.2, -0.15) is 0 Å². The van der Waals surface area contributed by atoms with Gasteiger partial charge >= 0.3 is 0 Å². The molecule has 2 aliphatic heterocycles. The zero-order chi connectivity index (χ0) is 19.0. The number of amidine groups is 1. The summed E-state index contributed by atoms with van der Waals surface area (Å²) in [6.07, 6.45) is 1.82. The Morgan fingerprint density at radius 1 is 1.04 bits per heavy atom. The first-order chi connectivity index (χ1) is 13.2. The fourth-order valence-corrected chi connectivity index (χ4v) is 4.83. The van der Waals surface area contributed by atoms with E-state index >= 15 is 0 Å². The average molecular weight is 385 g/mol. The van der Waals surface area contributed by atoms with E-state index in [1.807, 2.05) is 48.3 Å². The topological polar surface area (TPSA) is 56.2 Å². The van der Waals surface area contributed by atoms with Gasteiger partial charge in [-0.3, -0.25) is 9.98 Å². The summed E-state index contributed by atoms with van der Waals surface area (Å²) in [5.41, 5.74) is 1.98. The van der Waals surface area contributed by atoms with Crippen molar-refractivity contribution in [1.82, 2.24) is 9.88 Å². The van der Waals surface area contributed by atoms with Crippen LogP contribution in [0.25, 0.3) is 0 Å². The molecule has 0 aliphatic carbocycles. The molecule has 0 saturated carbocycles. The minimum Gasteiger partial charge on any atom is -0.496 e. The highest BCUT2D eigenvalue weighted by Gasteiger charge is 2.44. The van der Waals surface area contributed by atoms with Crippen LogP contribution in [0.2, 0.25) is 0 Å². The molecule has 0 amide bonds. The number of methoxy groups -OCH3 is 3. The number of fused-ring (bicyclic) bond motifs is 1. The molecule has 3 atom stereocenters. The van der Waals surface area contributed by atoms with Crippen LogP contribution in [0.15, 0.2) is 41.5 Å². The van der Waals surface area contributed by atoms with Crippen molar-refractivity contribution in [3.8, 4) is 17.2 Å². The summed E-state index contributed by atoms with van der Waals surface area (Å²) in [7, 11) is 4.95. The maximum Gasteiger partial charge on any atom is 0.164 e. The Labute approximate surface area is 163 Å². The molecule has 2 aromatic rings. The smallest absolute Gasteiger partial charge is 0.164 e. The highest BCUT2D eigenvalue weighted by molar-refractivity contribution is 8.14. The predicted molar refractivity (Wildman–Crippen MR) is 107 cm³/mol. The highest BCUT2D eigenvalue weighted by atomic mass is 32.2. The molecule has 2 aliphatic rings. The Morgan fingerprint density at radius 2 is 1.78 bits per heavy atom. The van der Waals surface area contributed by atoms with Crippen molar-refractivity contribution in [2.24, 2.45) is 4.99 Å². The molecule has 7 heteroatoms. The number of thioether (sulfide) groups is 1. The van der Waals surface area contributed by atoms with Gasteiger partial charge in [0.1, 0.15) is 11.8 Å². The van der Waals surface area contributed by atoms with Gasteiger partial charge in [0, 0.05) is 29.6 Å². The lowest BCUT2D eigenvalue weighted by Gasteiger charge is -2.29. The zero-order valence-corrected chi connectivity index (χ0v) is 16.7. The summed E-state index contributed by atoms with van der Waals surface area (Å²) in [6.45, 7) is 3.17. The lowest BCUT2D eigenvalue weighted by atomic mass is 9.95. The maximum atomic E-state index is 5.72. The average Bonchev–Trinajstić information content (AvgIpc) is 3.23. The second kappa shape index (κ2) is 7.31. The lowest BCUT2D eigenvalue weighted by molar-refractivity contribution is 0.301. The Hall–Kier alpha value is -2.41. The van der Waals surface area contributed by atoms with Crippen LogP contribution in [0.3, 0.4) is 0 Å². The van der Waals surface area contributed by atoms with E-state index < -0.39 is 0 Å². The first kappa shape index (κ1) is 18.0. The van der Waals surface area contributed by atoms with Crippen molar-refractivity contribution in [1.29, 1.82) is 0 Å². The summed E-state index contributed by atoms with van der Waals surface area (Å²) in [5, 5.41) is 1.57. The molecule has 1 aromatic heterocycles. The second-order valence-corrected chi connectivity index (χ2v) is 7.99. The summed E-state index contributed by atoms with van der Waals surface area (Å²) < 4.78 is 16.7. The van der Waals surface area contributed by atoms with Gasteiger partial charge in [0.25, 0.3) is 0 Å². The number of rotatable bonds is 5. The molecule has 3 heterocycles. The van der Waals surface area contributed by atoms with Crippen molar-refractivity contribution in [2.75, 3.05) is 27.9 Å². The highest BCUT2D eigenvalue weighted by Crippen LogP contribution is 2.51. The van der Waals surface area contributed by atoms with Crippen LogP contribution in [-0.2, 0) is 0 Å². The van der Waals surface area contributed by atoms with Gasteiger partial charge in [0.2, 0.25) is 0 Å². The molecule has 1 saturated heterocycles. The third-order valence-corrected chi connectivity index (χ3v) is 6.04. The fourth-order valence-electron chi connectivity index (χ4n) is 3.74. The van der Waals surface area contributed by atoms with E-state index in [1.54, 1.807) is 21.3 Å². The van der Waals surface area contributed by atoms with Crippen LogP contribution < -0.4 is 14.2 Å². The summed E-state index contributed by atoms with van der Waals surface area (Å²) in [5.74, 6) is 2.09. The summed E-state index contributed by atoms with van der Waals surface area (Å²) in [4.78, 5) is 12.0. The summed E-state index contributed by atoms with van der Waals surface area (Å²) in [6, 6.07) is 9.76. The molecule has 6 nitrogen and oxygen atoms in total. The zero-order valence-electron chi connectivity index (χ0n) is 15.9. The molecular weight excluding hydrogens is 362 g/mol. The van der Waals surface area contributed by atoms with E-state index in [9.17, 15) is 0 Å². The number of aromatic nitrogens is 1. The van der Waals surface area contributed by atoms with E-state index in [-0.39, 0.29) is 12.1 Å². The van der Waals surface area contributed by atoms with Crippen molar-refractivity contribution >= 4 is 16.9 Å². The molecule has 0 spiro atoms. The van der Waals surface area contributed by atoms with Crippen LogP contribution in [0.4, 0.5) is 0 Å². The van der Waals surface area contributed by atoms with Gasteiger partial charge in [0.15, 0.2) is 16.7 Å². The molecular formula is C20H23N3O3S. The van der Waals surface area contributed by atoms with Crippen molar-refractivity contribution in [3.63, 3.8) is 0 Å². The first-order valence-electron chi connectivity index (χ1n) is 8.88. The maximum absolute atomic E-state index is 5.72. The minimum atomic E-state index is -0.0896. The minimum absolute atomic E-state index is 0.00195. The Morgan fingerprint density at radius 3 is 2.44 bits per heavy atom. The van der Waals surface area contributed by atoms with Gasteiger partial charge in [-0.15, -0.1) is 0 Å². The van der Waals surface area contributed by atoms with Gasteiger partial charge in [-0.1, -0.05) is 24.8 Å². The number of ether oxygens (including phenoxy) is 3. The molecule has 142 valence electrons. The Balaban J connectivity index is 1.84. The summed E-state index contributed by atoms with van der Waals surface area (Å²) >= 11 is 1.82. The van der Waals surface area contributed by atoms with Crippen molar-refractivity contribution in [3.05, 3.63) is 47.8 Å². The third kappa shape index (κ3) is 3.10. The van der Waals surface area contributed by atoms with E-state index in [0.29, 0.717) is 16.7 Å². The molecule has 1 fully saturated rings. The Kier molecular flexibility index (Phi) is 4.86. The number of pyridine rings is 1. The monoisotopic (exact) mass is 385 g/mol. The van der Waals surface area contributed by atoms with Gasteiger partial charge < -0.3 is 19.1 Å². The molecule has 27 heavy (non-hydrogen) atoms. The number of benzene rings is 1. The number of hydrogen-bond donors (Lipinski definition) is 0. The number of aliphatic imine (C=N–C) groups is 1. The SMILES string of the molecule is COc1cc(OC)c([C@@H]2[C@@H](c3ccccn3)N=C3S[C@@H](C)CN32)cc1OC. The molecule has 4 rings (SSSR count). The van der Waals surface area contributed by atoms with Crippen LogP contribution in [-0.4, -0.2) is 48.2 Å². The molecule has 1 aromatic carbocycles. The first-order valence-corrected chi connectivity index (χ1v) is 9.76. The Bertz CT molecular complexity index is 859.